The van der Waals surface area contributed by atoms with Gasteiger partial charge in [-0.05, 0) is 190 Å². The van der Waals surface area contributed by atoms with Gasteiger partial charge in [-0.3, -0.25) is 4.99 Å². The second kappa shape index (κ2) is 29.9. The number of aliphatic imine (C=N–C) groups is 1. The first-order chi connectivity index (χ1) is 34.0. The molecule has 0 atom stereocenters. The summed E-state index contributed by atoms with van der Waals surface area (Å²) < 4.78 is 28.4. The molecule has 356 valence electrons. The molecule has 6 aromatic carbocycles. The number of azo groups is 2. The molecule has 0 saturated heterocycles. The lowest BCUT2D eigenvalue weighted by atomic mass is 10.1. The predicted octanol–water partition coefficient (Wildman–Crippen LogP) is 15.9. The number of rotatable bonds is 30. The van der Waals surface area contributed by atoms with Crippen LogP contribution in [0.1, 0.15) is 105 Å². The van der Waals surface area contributed by atoms with Crippen LogP contribution in [0.3, 0.4) is 0 Å². The number of benzene rings is 6. The summed E-state index contributed by atoms with van der Waals surface area (Å²) in [7, 11) is 1.64. The summed E-state index contributed by atoms with van der Waals surface area (Å²) in [6.07, 6.45) is 16.1. The van der Waals surface area contributed by atoms with Crippen molar-refractivity contribution in [2.45, 2.75) is 83.5 Å². The highest BCUT2D eigenvalue weighted by Crippen LogP contribution is 2.25. The number of carbonyl (C=O) groups excluding carboxylic acids is 1. The van der Waals surface area contributed by atoms with E-state index in [1.807, 2.05) is 115 Å². The Morgan fingerprint density at radius 1 is 0.435 bits per heavy atom. The Hall–Kier alpha value is -7.65. The van der Waals surface area contributed by atoms with Crippen LogP contribution in [0.4, 0.5) is 28.4 Å². The largest absolute Gasteiger partial charge is 0.497 e. The summed E-state index contributed by atoms with van der Waals surface area (Å²) in [5.41, 5.74) is 5.77. The average Bonchev–Trinajstić information content (AvgIpc) is 3.40. The first-order valence-corrected chi connectivity index (χ1v) is 24.0. The molecule has 12 nitrogen and oxygen atoms in total. The fourth-order valence-corrected chi connectivity index (χ4v) is 7.00. The van der Waals surface area contributed by atoms with Crippen molar-refractivity contribution in [2.24, 2.45) is 25.4 Å². The van der Waals surface area contributed by atoms with Gasteiger partial charge in [-0.25, -0.2) is 4.79 Å². The van der Waals surface area contributed by atoms with Crippen LogP contribution in [0, 0.1) is 11.3 Å². The summed E-state index contributed by atoms with van der Waals surface area (Å²) in [6, 6.07) is 46.8. The van der Waals surface area contributed by atoms with Crippen LogP contribution >= 0.6 is 0 Å². The Morgan fingerprint density at radius 2 is 0.783 bits per heavy atom. The van der Waals surface area contributed by atoms with E-state index in [9.17, 15) is 4.79 Å². The van der Waals surface area contributed by atoms with E-state index in [4.69, 9.17) is 28.9 Å². The molecule has 0 aliphatic heterocycles. The van der Waals surface area contributed by atoms with Gasteiger partial charge in [0, 0.05) is 6.21 Å². The molecule has 0 unspecified atom stereocenters. The summed E-state index contributed by atoms with van der Waals surface area (Å²) in [5.74, 6) is 2.95. The maximum atomic E-state index is 12.6. The van der Waals surface area contributed by atoms with Crippen LogP contribution in [0.2, 0.25) is 0 Å². The number of nitrogens with zero attached hydrogens (tertiary/aromatic N) is 6. The molecule has 0 N–H and O–H groups in total. The minimum absolute atomic E-state index is 0.333. The summed E-state index contributed by atoms with van der Waals surface area (Å²) in [4.78, 5) is 17.1. The van der Waals surface area contributed by atoms with Crippen molar-refractivity contribution in [3.05, 3.63) is 162 Å². The van der Waals surface area contributed by atoms with Crippen LogP contribution in [0.5, 0.6) is 23.0 Å². The molecular formula is C57H62N6O6. The lowest BCUT2D eigenvalue weighted by Crippen LogP contribution is -2.06. The van der Waals surface area contributed by atoms with Crippen molar-refractivity contribution in [3.63, 3.8) is 0 Å². The van der Waals surface area contributed by atoms with Crippen molar-refractivity contribution in [1.82, 2.24) is 0 Å². The Kier molecular flexibility index (Phi) is 22.0. The number of carbonyl (C=O) groups is 1. The smallest absolute Gasteiger partial charge is 0.338 e. The van der Waals surface area contributed by atoms with E-state index in [0.717, 1.165) is 90.8 Å². The maximum absolute atomic E-state index is 12.6. The predicted molar refractivity (Wildman–Crippen MR) is 272 cm³/mol. The average molecular weight is 927 g/mol. The number of hydrogen-bond donors (Lipinski definition) is 0. The minimum atomic E-state index is -0.333. The van der Waals surface area contributed by atoms with E-state index in [2.05, 4.69) is 31.5 Å². The molecule has 0 radical (unpaired) electrons. The Bertz CT molecular complexity index is 2520. The Balaban J connectivity index is 0.720. The molecule has 0 amide bonds. The molecule has 0 bridgehead atoms. The highest BCUT2D eigenvalue weighted by atomic mass is 16.5. The van der Waals surface area contributed by atoms with Gasteiger partial charge in [-0.2, -0.15) is 25.7 Å². The third kappa shape index (κ3) is 19.6. The zero-order valence-electron chi connectivity index (χ0n) is 39.6. The molecule has 12 heteroatoms. The van der Waals surface area contributed by atoms with Gasteiger partial charge < -0.3 is 23.7 Å². The van der Waals surface area contributed by atoms with Crippen molar-refractivity contribution in [1.29, 1.82) is 5.26 Å². The number of esters is 1. The zero-order chi connectivity index (χ0) is 48.0. The van der Waals surface area contributed by atoms with Gasteiger partial charge in [0.15, 0.2) is 0 Å². The molecule has 0 saturated carbocycles. The Morgan fingerprint density at radius 3 is 1.19 bits per heavy atom. The number of unbranched alkanes of at least 4 members (excludes halogenated alkanes) is 11. The number of ether oxygens (including phenoxy) is 5. The van der Waals surface area contributed by atoms with Crippen molar-refractivity contribution in [3.8, 4) is 29.1 Å². The van der Waals surface area contributed by atoms with E-state index < -0.39 is 0 Å². The molecule has 0 aliphatic carbocycles. The lowest BCUT2D eigenvalue weighted by Gasteiger charge is -2.07. The molecule has 0 aliphatic rings. The van der Waals surface area contributed by atoms with Gasteiger partial charge in [0.1, 0.15) is 23.0 Å². The quantitative estimate of drug-likeness (QED) is 0.0189. The fourth-order valence-electron chi connectivity index (χ4n) is 7.00. The monoisotopic (exact) mass is 926 g/mol. The zero-order valence-corrected chi connectivity index (χ0v) is 39.6. The normalized spacial score (nSPS) is 11.2. The molecule has 0 heterocycles. The Labute approximate surface area is 406 Å². The summed E-state index contributed by atoms with van der Waals surface area (Å²) >= 11 is 0. The van der Waals surface area contributed by atoms with Crippen LogP contribution in [0.25, 0.3) is 0 Å². The summed E-state index contributed by atoms with van der Waals surface area (Å²) in [5, 5.41) is 25.9. The molecule has 6 rings (SSSR count). The second-order valence-electron chi connectivity index (χ2n) is 16.4. The number of methoxy groups -OCH3 is 1. The molecule has 6 aromatic rings. The van der Waals surface area contributed by atoms with Gasteiger partial charge >= 0.3 is 5.97 Å². The molecule has 0 aromatic heterocycles. The number of hydrogen-bond acceptors (Lipinski definition) is 12. The third-order valence-corrected chi connectivity index (χ3v) is 11.0. The van der Waals surface area contributed by atoms with Crippen LogP contribution in [-0.2, 0) is 4.74 Å². The highest BCUT2D eigenvalue weighted by Gasteiger charge is 2.07. The van der Waals surface area contributed by atoms with Gasteiger partial charge in [-0.1, -0.05) is 44.9 Å². The van der Waals surface area contributed by atoms with E-state index in [1.54, 1.807) is 43.5 Å². The maximum Gasteiger partial charge on any atom is 0.338 e. The molecule has 69 heavy (non-hydrogen) atoms. The van der Waals surface area contributed by atoms with Crippen LogP contribution in [0.15, 0.2) is 171 Å². The third-order valence-electron chi connectivity index (χ3n) is 11.0. The minimum Gasteiger partial charge on any atom is -0.497 e. The fraction of sp³-hybridized carbons (Fsp3) is 0.316. The standard InChI is InChI=1S/C57H62N6O6/c1-65-53-33-25-50(26-34-53)61-63-52-29-37-55(38-30-52)67-40-12-8-6-4-2-3-5-7-11-39-66-54-31-17-46(18-32-54)44-59-48-23-19-47(20-24-48)57(64)69-42-14-10-9-13-41-68-56-35-27-51(28-36-56)62-60-49-21-15-45(43-58)16-22-49/h15-38,44H,2-14,39-42H2,1H3. The highest BCUT2D eigenvalue weighted by molar-refractivity contribution is 5.90. The first-order valence-electron chi connectivity index (χ1n) is 24.0. The van der Waals surface area contributed by atoms with Gasteiger partial charge in [0.05, 0.1) is 79.2 Å². The van der Waals surface area contributed by atoms with Gasteiger partial charge in [-0.15, -0.1) is 0 Å². The van der Waals surface area contributed by atoms with Crippen molar-refractivity contribution >= 4 is 40.6 Å². The topological polar surface area (TPSA) is 149 Å². The summed E-state index contributed by atoms with van der Waals surface area (Å²) in [6.45, 7) is 2.41. The molecule has 0 spiro atoms. The van der Waals surface area contributed by atoms with Crippen molar-refractivity contribution < 1.29 is 28.5 Å². The van der Waals surface area contributed by atoms with E-state index in [0.29, 0.717) is 42.3 Å². The van der Waals surface area contributed by atoms with Crippen LogP contribution in [-0.4, -0.2) is 45.7 Å². The second-order valence-corrected chi connectivity index (χ2v) is 16.4. The van der Waals surface area contributed by atoms with E-state index >= 15 is 0 Å². The lowest BCUT2D eigenvalue weighted by molar-refractivity contribution is 0.0497. The van der Waals surface area contributed by atoms with E-state index in [1.165, 1.54) is 44.9 Å². The first kappa shape index (κ1) is 50.8. The van der Waals surface area contributed by atoms with Gasteiger partial charge in [0.25, 0.3) is 0 Å². The number of nitriles is 1. The van der Waals surface area contributed by atoms with Crippen LogP contribution < -0.4 is 18.9 Å². The molecular weight excluding hydrogens is 865 g/mol. The van der Waals surface area contributed by atoms with Gasteiger partial charge in [0.2, 0.25) is 0 Å². The molecule has 0 fully saturated rings. The van der Waals surface area contributed by atoms with E-state index in [-0.39, 0.29) is 5.97 Å². The van der Waals surface area contributed by atoms with Crippen molar-refractivity contribution in [2.75, 3.05) is 33.5 Å². The SMILES string of the molecule is COc1ccc(N=Nc2ccc(OCCCCCCCCCCCOc3ccc(C=Nc4ccc(C(=O)OCCCCCCOc5ccc(N=Nc6ccc(C#N)cc6)cc5)cc4)cc3)cc2)cc1.